The molecule has 4 heteroatoms. The number of fused-ring (bicyclic) bond motifs is 9. The van der Waals surface area contributed by atoms with Crippen LogP contribution in [0.1, 0.15) is 0 Å². The van der Waals surface area contributed by atoms with E-state index in [1.807, 2.05) is 0 Å². The van der Waals surface area contributed by atoms with Gasteiger partial charge in [0.25, 0.3) is 0 Å². The lowest BCUT2D eigenvalue weighted by atomic mass is 10.0. The minimum Gasteiger partial charge on any atom is -0.310 e. The first-order valence-electron chi connectivity index (χ1n) is 24.0. The van der Waals surface area contributed by atoms with Crippen molar-refractivity contribution in [1.82, 2.24) is 9.13 Å². The molecular formula is C66H44N4. The monoisotopic (exact) mass is 892 g/mol. The summed E-state index contributed by atoms with van der Waals surface area (Å²) in [5.74, 6) is 0. The zero-order chi connectivity index (χ0) is 46.1. The quantitative estimate of drug-likeness (QED) is 0.151. The van der Waals surface area contributed by atoms with Gasteiger partial charge in [-0.05, 0) is 131 Å². The second-order valence-electron chi connectivity index (χ2n) is 18.2. The van der Waals surface area contributed by atoms with Gasteiger partial charge in [-0.3, -0.25) is 0 Å². The predicted octanol–water partition coefficient (Wildman–Crippen LogP) is 18.3. The van der Waals surface area contributed by atoms with Crippen molar-refractivity contribution < 1.29 is 0 Å². The molecule has 70 heavy (non-hydrogen) atoms. The van der Waals surface area contributed by atoms with E-state index < -0.39 is 0 Å². The standard InChI is InChI=1S/C66H44N4/c1-3-21-49(22-4-1)69-63-29-13-11-25-57(63)59-43-53(37-39-65(59)69)67(51-35-33-45-17-7-9-19-47(45)41-51)61-31-15-28-56-55(61)27-16-32-62(56)68(52-36-34-46-18-8-10-20-48(46)42-52)54-38-40-66-60(44-54)58-26-12-14-30-64(58)70(66)50-23-5-2-6-24-50/h1-44H. The highest BCUT2D eigenvalue weighted by atomic mass is 15.2. The van der Waals surface area contributed by atoms with Gasteiger partial charge < -0.3 is 18.9 Å². The maximum atomic E-state index is 2.46. The molecule has 0 spiro atoms. The van der Waals surface area contributed by atoms with E-state index >= 15 is 0 Å². The van der Waals surface area contributed by atoms with Crippen molar-refractivity contribution in [1.29, 1.82) is 0 Å². The van der Waals surface area contributed by atoms with Gasteiger partial charge in [-0.15, -0.1) is 0 Å². The lowest BCUT2D eigenvalue weighted by Crippen LogP contribution is -2.12. The molecule has 0 unspecified atom stereocenters. The Kier molecular flexibility index (Phi) is 9.17. The second kappa shape index (κ2) is 16.2. The number of benzene rings is 12. The fraction of sp³-hybridized carbons (Fsp3) is 0. The molecule has 0 amide bonds. The van der Waals surface area contributed by atoms with Crippen molar-refractivity contribution in [2.75, 3.05) is 9.80 Å². The molecule has 0 aliphatic heterocycles. The van der Waals surface area contributed by atoms with E-state index in [1.54, 1.807) is 0 Å². The number of rotatable bonds is 8. The van der Waals surface area contributed by atoms with Gasteiger partial charge in [0, 0.05) is 66.4 Å². The van der Waals surface area contributed by atoms with Crippen LogP contribution in [0.15, 0.2) is 267 Å². The first kappa shape index (κ1) is 39.8. The average molecular weight is 893 g/mol. The van der Waals surface area contributed by atoms with Crippen LogP contribution in [0.5, 0.6) is 0 Å². The highest BCUT2D eigenvalue weighted by Crippen LogP contribution is 2.47. The van der Waals surface area contributed by atoms with Gasteiger partial charge in [0.05, 0.1) is 33.4 Å². The lowest BCUT2D eigenvalue weighted by molar-refractivity contribution is 1.18. The molecule has 0 bridgehead atoms. The largest absolute Gasteiger partial charge is 0.310 e. The molecule has 2 heterocycles. The normalized spacial score (nSPS) is 11.7. The Morgan fingerprint density at radius 1 is 0.214 bits per heavy atom. The van der Waals surface area contributed by atoms with E-state index in [9.17, 15) is 0 Å². The van der Waals surface area contributed by atoms with Crippen LogP contribution in [0.3, 0.4) is 0 Å². The summed E-state index contributed by atoms with van der Waals surface area (Å²) in [4.78, 5) is 4.91. The smallest absolute Gasteiger partial charge is 0.0542 e. The number of nitrogens with zero attached hydrogens (tertiary/aromatic N) is 4. The topological polar surface area (TPSA) is 16.3 Å². The third-order valence-electron chi connectivity index (χ3n) is 14.2. The molecule has 0 aliphatic carbocycles. The van der Waals surface area contributed by atoms with E-state index in [0.29, 0.717) is 0 Å². The molecule has 14 aromatic rings. The zero-order valence-corrected chi connectivity index (χ0v) is 38.2. The molecule has 0 N–H and O–H groups in total. The maximum absolute atomic E-state index is 2.46. The van der Waals surface area contributed by atoms with Crippen molar-refractivity contribution in [3.8, 4) is 11.4 Å². The van der Waals surface area contributed by atoms with Crippen LogP contribution in [0, 0.1) is 0 Å². The molecule has 0 fully saturated rings. The van der Waals surface area contributed by atoms with Crippen LogP contribution in [-0.4, -0.2) is 9.13 Å². The van der Waals surface area contributed by atoms with Gasteiger partial charge in [-0.25, -0.2) is 0 Å². The number of hydrogen-bond donors (Lipinski definition) is 0. The molecule has 14 rings (SSSR count). The minimum absolute atomic E-state index is 1.09. The molecule has 4 nitrogen and oxygen atoms in total. The lowest BCUT2D eigenvalue weighted by Gasteiger charge is -2.30. The fourth-order valence-corrected chi connectivity index (χ4v) is 11.1. The Bertz CT molecular complexity index is 4040. The van der Waals surface area contributed by atoms with E-state index in [2.05, 4.69) is 286 Å². The average Bonchev–Trinajstić information content (AvgIpc) is 3.94. The van der Waals surface area contributed by atoms with Gasteiger partial charge in [-0.1, -0.05) is 158 Å². The number of hydrogen-bond acceptors (Lipinski definition) is 2. The van der Waals surface area contributed by atoms with Gasteiger partial charge in [0.2, 0.25) is 0 Å². The summed E-state index contributed by atoms with van der Waals surface area (Å²) >= 11 is 0. The Morgan fingerprint density at radius 2 is 0.557 bits per heavy atom. The number of anilines is 6. The van der Waals surface area contributed by atoms with Gasteiger partial charge >= 0.3 is 0 Å². The molecule has 0 radical (unpaired) electrons. The molecule has 0 saturated heterocycles. The summed E-state index contributed by atoms with van der Waals surface area (Å²) in [7, 11) is 0. The Morgan fingerprint density at radius 3 is 1.01 bits per heavy atom. The molecule has 0 aliphatic rings. The van der Waals surface area contributed by atoms with Crippen molar-refractivity contribution in [2.45, 2.75) is 0 Å². The van der Waals surface area contributed by atoms with Crippen LogP contribution in [0.4, 0.5) is 34.1 Å². The van der Waals surface area contributed by atoms with Crippen molar-refractivity contribution in [3.63, 3.8) is 0 Å². The molecule has 2 aromatic heterocycles. The highest BCUT2D eigenvalue weighted by molar-refractivity contribution is 6.14. The summed E-state index contributed by atoms with van der Waals surface area (Å²) < 4.78 is 4.77. The van der Waals surface area contributed by atoms with Gasteiger partial charge in [0.1, 0.15) is 0 Å². The summed E-state index contributed by atoms with van der Waals surface area (Å²) in [5.41, 5.74) is 13.6. The first-order chi connectivity index (χ1) is 34.7. The Balaban J connectivity index is 1.00. The van der Waals surface area contributed by atoms with Crippen molar-refractivity contribution in [3.05, 3.63) is 267 Å². The second-order valence-corrected chi connectivity index (χ2v) is 18.2. The Hall–Kier alpha value is -9.38. The highest BCUT2D eigenvalue weighted by Gasteiger charge is 2.23. The Labute approximate surface area is 405 Å². The van der Waals surface area contributed by atoms with E-state index in [1.165, 1.54) is 65.2 Å². The van der Waals surface area contributed by atoms with Gasteiger partial charge in [-0.2, -0.15) is 0 Å². The third kappa shape index (κ3) is 6.38. The third-order valence-corrected chi connectivity index (χ3v) is 14.2. The van der Waals surface area contributed by atoms with Crippen LogP contribution in [-0.2, 0) is 0 Å². The SMILES string of the molecule is c1ccc(-n2c3ccccc3c3cc(N(c4ccc5ccccc5c4)c4cccc5c(N(c6ccc7ccccc7c6)c6ccc7c(c6)c6ccccc6n7-c6ccccc6)cccc45)ccc32)cc1. The van der Waals surface area contributed by atoms with E-state index in [4.69, 9.17) is 0 Å². The van der Waals surface area contributed by atoms with Crippen LogP contribution in [0.2, 0.25) is 0 Å². The summed E-state index contributed by atoms with van der Waals surface area (Å²) in [6, 6.07) is 97.5. The van der Waals surface area contributed by atoms with Crippen molar-refractivity contribution in [2.24, 2.45) is 0 Å². The van der Waals surface area contributed by atoms with Crippen LogP contribution in [0.25, 0.3) is 87.3 Å². The molecule has 12 aromatic carbocycles. The molecule has 0 saturated carbocycles. The number of aromatic nitrogens is 2. The molecular weight excluding hydrogens is 849 g/mol. The summed E-state index contributed by atoms with van der Waals surface area (Å²) in [5, 5.41) is 11.9. The first-order valence-corrected chi connectivity index (χ1v) is 24.0. The summed E-state index contributed by atoms with van der Waals surface area (Å²) in [6.07, 6.45) is 0. The summed E-state index contributed by atoms with van der Waals surface area (Å²) in [6.45, 7) is 0. The zero-order valence-electron chi connectivity index (χ0n) is 38.2. The minimum atomic E-state index is 1.09. The van der Waals surface area contributed by atoms with Crippen LogP contribution >= 0.6 is 0 Å². The maximum Gasteiger partial charge on any atom is 0.0542 e. The number of para-hydroxylation sites is 4. The molecule has 328 valence electrons. The van der Waals surface area contributed by atoms with E-state index in [0.717, 1.165) is 56.3 Å². The van der Waals surface area contributed by atoms with Gasteiger partial charge in [0.15, 0.2) is 0 Å². The predicted molar refractivity (Wildman–Crippen MR) is 297 cm³/mol. The van der Waals surface area contributed by atoms with Crippen molar-refractivity contribution >= 4 is 110 Å². The molecule has 0 atom stereocenters. The van der Waals surface area contributed by atoms with Crippen LogP contribution < -0.4 is 9.80 Å². The fourth-order valence-electron chi connectivity index (χ4n) is 11.1. The van der Waals surface area contributed by atoms with E-state index in [-0.39, 0.29) is 0 Å².